The highest BCUT2D eigenvalue weighted by Crippen LogP contribution is 2.09. The molecule has 0 unspecified atom stereocenters. The quantitative estimate of drug-likeness (QED) is 0.671. The van der Waals surface area contributed by atoms with Crippen molar-refractivity contribution in [2.75, 3.05) is 6.61 Å². The number of allylic oxidation sites excluding steroid dienone is 1. The van der Waals surface area contributed by atoms with Gasteiger partial charge in [0.05, 0.1) is 13.7 Å². The number of hydrogen-bond acceptors (Lipinski definition) is 1. The van der Waals surface area contributed by atoms with Gasteiger partial charge in [0.1, 0.15) is 0 Å². The molecule has 1 aromatic rings. The lowest BCUT2D eigenvalue weighted by Gasteiger charge is -1.95. The molecule has 2 heteroatoms. The van der Waals surface area contributed by atoms with E-state index in [9.17, 15) is 0 Å². The monoisotopic (exact) mass is 195 g/mol. The van der Waals surface area contributed by atoms with Crippen molar-refractivity contribution >= 4 is 11.6 Å². The Bertz CT molecular complexity index is 264. The maximum absolute atomic E-state index is 5.75. The van der Waals surface area contributed by atoms with Crippen LogP contribution in [0.3, 0.4) is 0 Å². The summed E-state index contributed by atoms with van der Waals surface area (Å²) in [5.41, 5.74) is 1.24. The zero-order chi connectivity index (χ0) is 9.52. The molecule has 1 rings (SSSR count). The van der Waals surface area contributed by atoms with Crippen LogP contribution in [0.5, 0.6) is 0 Å². The van der Waals surface area contributed by atoms with Gasteiger partial charge in [-0.05, 0) is 24.1 Å². The fourth-order valence-electron chi connectivity index (χ4n) is 0.976. The van der Waals surface area contributed by atoms with Gasteiger partial charge in [-0.2, -0.15) is 0 Å². The lowest BCUT2D eigenvalue weighted by Crippen LogP contribution is -1.82. The topological polar surface area (TPSA) is 9.23 Å². The van der Waals surface area contributed by atoms with E-state index in [0.29, 0.717) is 6.61 Å². The van der Waals surface area contributed by atoms with Crippen LogP contribution in [0, 0.1) is 7.11 Å². The average molecular weight is 196 g/mol. The van der Waals surface area contributed by atoms with Crippen molar-refractivity contribution in [2.45, 2.75) is 6.42 Å². The Kier molecular flexibility index (Phi) is 4.58. The molecule has 0 saturated carbocycles. The predicted molar refractivity (Wildman–Crippen MR) is 55.6 cm³/mol. The Balaban J connectivity index is 2.41. The van der Waals surface area contributed by atoms with Crippen molar-refractivity contribution in [2.24, 2.45) is 0 Å². The summed E-state index contributed by atoms with van der Waals surface area (Å²) in [4.78, 5) is 0. The standard InChI is InChI=1S/C11H12ClO/c1-13-9-3-2-4-10-5-7-11(12)8-6-10/h2-3,5-8H,1,4,9H2/b3-2+. The first-order valence-corrected chi connectivity index (χ1v) is 4.47. The molecule has 0 bridgehead atoms. The van der Waals surface area contributed by atoms with Gasteiger partial charge in [-0.3, -0.25) is 0 Å². The predicted octanol–water partition coefficient (Wildman–Crippen LogP) is 3.25. The molecule has 0 spiro atoms. The molecule has 1 aromatic carbocycles. The molecule has 0 atom stereocenters. The summed E-state index contributed by atoms with van der Waals surface area (Å²) in [6.07, 6.45) is 4.90. The third kappa shape index (κ3) is 4.11. The largest absolute Gasteiger partial charge is 0.375 e. The minimum Gasteiger partial charge on any atom is -0.375 e. The van der Waals surface area contributed by atoms with E-state index in [4.69, 9.17) is 11.6 Å². The molecule has 0 N–H and O–H groups in total. The van der Waals surface area contributed by atoms with Gasteiger partial charge in [-0.15, -0.1) is 0 Å². The summed E-state index contributed by atoms with van der Waals surface area (Å²) in [5, 5.41) is 0.772. The van der Waals surface area contributed by atoms with Crippen LogP contribution in [-0.4, -0.2) is 6.61 Å². The molecule has 0 aromatic heterocycles. The molecule has 0 heterocycles. The van der Waals surface area contributed by atoms with E-state index >= 15 is 0 Å². The molecule has 0 fully saturated rings. The van der Waals surface area contributed by atoms with Gasteiger partial charge in [0.2, 0.25) is 0 Å². The lowest BCUT2D eigenvalue weighted by atomic mass is 10.1. The highest BCUT2D eigenvalue weighted by Gasteiger charge is 1.88. The van der Waals surface area contributed by atoms with Gasteiger partial charge in [0.25, 0.3) is 0 Å². The molecular weight excluding hydrogens is 184 g/mol. The van der Waals surface area contributed by atoms with Gasteiger partial charge in [0, 0.05) is 5.02 Å². The van der Waals surface area contributed by atoms with E-state index in [1.54, 1.807) is 0 Å². The van der Waals surface area contributed by atoms with Crippen LogP contribution in [0.4, 0.5) is 0 Å². The van der Waals surface area contributed by atoms with Crippen molar-refractivity contribution in [3.8, 4) is 0 Å². The summed E-state index contributed by atoms with van der Waals surface area (Å²) >= 11 is 5.75. The van der Waals surface area contributed by atoms with E-state index < -0.39 is 0 Å². The van der Waals surface area contributed by atoms with Crippen molar-refractivity contribution < 1.29 is 4.74 Å². The molecule has 0 aliphatic carbocycles. The van der Waals surface area contributed by atoms with Crippen molar-refractivity contribution in [1.29, 1.82) is 0 Å². The first-order valence-electron chi connectivity index (χ1n) is 4.09. The van der Waals surface area contributed by atoms with Crippen LogP contribution in [0.15, 0.2) is 36.4 Å². The highest BCUT2D eigenvalue weighted by molar-refractivity contribution is 6.30. The Morgan fingerprint density at radius 1 is 1.23 bits per heavy atom. The fraction of sp³-hybridized carbons (Fsp3) is 0.182. The van der Waals surface area contributed by atoms with Gasteiger partial charge in [0.15, 0.2) is 0 Å². The van der Waals surface area contributed by atoms with Gasteiger partial charge in [-0.1, -0.05) is 35.9 Å². The van der Waals surface area contributed by atoms with E-state index in [1.807, 2.05) is 30.3 Å². The molecule has 0 aliphatic rings. The number of ether oxygens (including phenoxy) is 1. The summed E-state index contributed by atoms with van der Waals surface area (Å²) in [7, 11) is 3.27. The second-order valence-corrected chi connectivity index (χ2v) is 3.11. The van der Waals surface area contributed by atoms with Crippen LogP contribution >= 0.6 is 11.6 Å². The third-order valence-corrected chi connectivity index (χ3v) is 1.90. The van der Waals surface area contributed by atoms with E-state index in [0.717, 1.165) is 11.4 Å². The summed E-state index contributed by atoms with van der Waals surface area (Å²) < 4.78 is 4.64. The lowest BCUT2D eigenvalue weighted by molar-refractivity contribution is 0.281. The zero-order valence-electron chi connectivity index (χ0n) is 7.37. The Labute approximate surface area is 84.0 Å². The molecule has 0 aliphatic heterocycles. The molecular formula is C11H12ClO. The van der Waals surface area contributed by atoms with Crippen LogP contribution in [-0.2, 0) is 11.2 Å². The first-order chi connectivity index (χ1) is 6.33. The summed E-state index contributed by atoms with van der Waals surface area (Å²) in [6.45, 7) is 0.563. The third-order valence-electron chi connectivity index (χ3n) is 1.65. The summed E-state index contributed by atoms with van der Waals surface area (Å²) in [6, 6.07) is 7.81. The normalized spacial score (nSPS) is 10.9. The van der Waals surface area contributed by atoms with Crippen LogP contribution in [0.25, 0.3) is 0 Å². The second kappa shape index (κ2) is 5.79. The number of benzene rings is 1. The highest BCUT2D eigenvalue weighted by atomic mass is 35.5. The minimum atomic E-state index is 0.563. The molecule has 1 nitrogen and oxygen atoms in total. The Morgan fingerprint density at radius 3 is 2.54 bits per heavy atom. The van der Waals surface area contributed by atoms with Crippen LogP contribution < -0.4 is 0 Å². The number of hydrogen-bond donors (Lipinski definition) is 0. The zero-order valence-corrected chi connectivity index (χ0v) is 8.13. The van der Waals surface area contributed by atoms with Crippen molar-refractivity contribution in [1.82, 2.24) is 0 Å². The Hall–Kier alpha value is -0.790. The van der Waals surface area contributed by atoms with Crippen LogP contribution in [0.2, 0.25) is 5.02 Å². The van der Waals surface area contributed by atoms with E-state index in [-0.39, 0.29) is 0 Å². The molecule has 1 radical (unpaired) electrons. The van der Waals surface area contributed by atoms with Crippen molar-refractivity contribution in [3.05, 3.63) is 54.1 Å². The smallest absolute Gasteiger partial charge is 0.0704 e. The number of rotatable bonds is 4. The molecule has 0 amide bonds. The molecule has 13 heavy (non-hydrogen) atoms. The minimum absolute atomic E-state index is 0.563. The second-order valence-electron chi connectivity index (χ2n) is 2.67. The SMILES string of the molecule is [CH2]OC/C=C/Cc1ccc(Cl)cc1. The fourth-order valence-corrected chi connectivity index (χ4v) is 1.10. The molecule has 0 saturated heterocycles. The van der Waals surface area contributed by atoms with E-state index in [1.165, 1.54) is 5.56 Å². The summed E-state index contributed by atoms with van der Waals surface area (Å²) in [5.74, 6) is 0. The first kappa shape index (κ1) is 10.3. The van der Waals surface area contributed by atoms with E-state index in [2.05, 4.69) is 17.9 Å². The van der Waals surface area contributed by atoms with Gasteiger partial charge >= 0.3 is 0 Å². The number of halogens is 1. The Morgan fingerprint density at radius 2 is 1.92 bits per heavy atom. The molecule has 69 valence electrons. The van der Waals surface area contributed by atoms with Gasteiger partial charge < -0.3 is 4.74 Å². The maximum atomic E-state index is 5.75. The average Bonchev–Trinajstić information content (AvgIpc) is 2.15. The maximum Gasteiger partial charge on any atom is 0.0704 e. The van der Waals surface area contributed by atoms with Gasteiger partial charge in [-0.25, -0.2) is 0 Å². The van der Waals surface area contributed by atoms with Crippen LogP contribution in [0.1, 0.15) is 5.56 Å². The van der Waals surface area contributed by atoms with Crippen molar-refractivity contribution in [3.63, 3.8) is 0 Å².